The van der Waals surface area contributed by atoms with Crippen LogP contribution < -0.4 is 15.5 Å². The zero-order chi connectivity index (χ0) is 16.8. The molecular weight excluding hydrogens is 373 g/mol. The predicted octanol–water partition coefficient (Wildman–Crippen LogP) is 2.36. The molecule has 0 aliphatic carbocycles. The van der Waals surface area contributed by atoms with Crippen molar-refractivity contribution in [2.24, 2.45) is 5.92 Å². The molecule has 0 saturated carbocycles. The summed E-state index contributed by atoms with van der Waals surface area (Å²) < 4.78 is 0. The first-order chi connectivity index (χ1) is 11.7. The average molecular weight is 404 g/mol. The first kappa shape index (κ1) is 22.9. The second-order valence-electron chi connectivity index (χ2n) is 6.95. The van der Waals surface area contributed by atoms with Crippen molar-refractivity contribution in [1.29, 1.82) is 0 Å². The van der Waals surface area contributed by atoms with Crippen LogP contribution in [0.5, 0.6) is 0 Å². The second kappa shape index (κ2) is 11.6. The minimum absolute atomic E-state index is 0. The Balaban J connectivity index is 0.00000169. The van der Waals surface area contributed by atoms with Gasteiger partial charge in [-0.1, -0.05) is 6.92 Å². The summed E-state index contributed by atoms with van der Waals surface area (Å²) in [5, 5.41) is 6.58. The molecule has 2 aliphatic heterocycles. The van der Waals surface area contributed by atoms with Crippen LogP contribution in [0, 0.1) is 5.92 Å². The number of carbonyl (C=O) groups is 1. The number of rotatable bonds is 6. The fourth-order valence-corrected chi connectivity index (χ4v) is 3.60. The molecule has 2 saturated heterocycles. The Labute approximate surface area is 168 Å². The van der Waals surface area contributed by atoms with E-state index in [1.165, 1.54) is 6.42 Å². The van der Waals surface area contributed by atoms with E-state index in [1.54, 1.807) is 6.33 Å². The van der Waals surface area contributed by atoms with Crippen LogP contribution in [-0.2, 0) is 11.2 Å². The van der Waals surface area contributed by atoms with Crippen LogP contribution in [0.2, 0.25) is 0 Å². The normalized spacial score (nSPS) is 20.2. The van der Waals surface area contributed by atoms with E-state index in [-0.39, 0.29) is 30.7 Å². The molecule has 1 amide bonds. The predicted molar refractivity (Wildman–Crippen MR) is 109 cm³/mol. The molecule has 1 atom stereocenters. The maximum Gasteiger partial charge on any atom is 0.220 e. The Morgan fingerprint density at radius 1 is 1.27 bits per heavy atom. The van der Waals surface area contributed by atoms with Gasteiger partial charge in [-0.3, -0.25) is 4.79 Å². The number of aromatic nitrogens is 2. The van der Waals surface area contributed by atoms with Gasteiger partial charge in [-0.2, -0.15) is 0 Å². The Bertz CT molecular complexity index is 546. The lowest BCUT2D eigenvalue weighted by Gasteiger charge is -2.33. The molecule has 0 aromatic carbocycles. The van der Waals surface area contributed by atoms with Crippen LogP contribution in [-0.4, -0.2) is 48.1 Å². The van der Waals surface area contributed by atoms with E-state index in [0.29, 0.717) is 18.4 Å². The quantitative estimate of drug-likeness (QED) is 0.762. The summed E-state index contributed by atoms with van der Waals surface area (Å²) >= 11 is 0. The van der Waals surface area contributed by atoms with Gasteiger partial charge in [0.2, 0.25) is 5.91 Å². The highest BCUT2D eigenvalue weighted by Gasteiger charge is 2.22. The Morgan fingerprint density at radius 3 is 2.69 bits per heavy atom. The number of aryl methyl sites for hydroxylation is 1. The van der Waals surface area contributed by atoms with Gasteiger partial charge in [0, 0.05) is 37.3 Å². The zero-order valence-electron chi connectivity index (χ0n) is 15.4. The van der Waals surface area contributed by atoms with Crippen molar-refractivity contribution >= 4 is 36.5 Å². The van der Waals surface area contributed by atoms with Gasteiger partial charge in [0.15, 0.2) is 0 Å². The maximum absolute atomic E-state index is 12.1. The average Bonchev–Trinajstić information content (AvgIpc) is 3.14. The van der Waals surface area contributed by atoms with Crippen LogP contribution in [0.4, 0.5) is 5.82 Å². The number of carbonyl (C=O) groups excluding carboxylic acids is 1. The Kier molecular flexibility index (Phi) is 10.2. The Hall–Kier alpha value is -1.11. The monoisotopic (exact) mass is 403 g/mol. The van der Waals surface area contributed by atoms with Crippen LogP contribution in [0.15, 0.2) is 12.4 Å². The van der Waals surface area contributed by atoms with Gasteiger partial charge in [-0.05, 0) is 51.1 Å². The third kappa shape index (κ3) is 6.56. The molecule has 3 rings (SSSR count). The van der Waals surface area contributed by atoms with Gasteiger partial charge in [0.25, 0.3) is 0 Å². The fraction of sp³-hybridized carbons (Fsp3) is 0.722. The third-order valence-corrected chi connectivity index (χ3v) is 5.20. The van der Waals surface area contributed by atoms with E-state index in [1.807, 2.05) is 0 Å². The van der Waals surface area contributed by atoms with Crippen molar-refractivity contribution in [3.05, 3.63) is 18.1 Å². The summed E-state index contributed by atoms with van der Waals surface area (Å²) in [5.41, 5.74) is 1.08. The molecule has 1 unspecified atom stereocenters. The highest BCUT2D eigenvalue weighted by molar-refractivity contribution is 5.85. The number of nitrogens with one attached hydrogen (secondary N) is 2. The molecule has 0 spiro atoms. The number of hydrogen-bond donors (Lipinski definition) is 2. The molecule has 0 radical (unpaired) electrons. The molecule has 0 bridgehead atoms. The molecule has 26 heavy (non-hydrogen) atoms. The lowest BCUT2D eigenvalue weighted by molar-refractivity contribution is -0.122. The number of nitrogens with zero attached hydrogens (tertiary/aromatic N) is 3. The van der Waals surface area contributed by atoms with Crippen LogP contribution >= 0.6 is 24.8 Å². The number of amides is 1. The summed E-state index contributed by atoms with van der Waals surface area (Å²) in [4.78, 5) is 23.1. The third-order valence-electron chi connectivity index (χ3n) is 5.20. The van der Waals surface area contributed by atoms with E-state index >= 15 is 0 Å². The van der Waals surface area contributed by atoms with Crippen molar-refractivity contribution in [3.63, 3.8) is 0 Å². The number of piperidine rings is 1. The molecule has 2 fully saturated rings. The lowest BCUT2D eigenvalue weighted by atomic mass is 10.0. The van der Waals surface area contributed by atoms with Gasteiger partial charge < -0.3 is 15.5 Å². The summed E-state index contributed by atoms with van der Waals surface area (Å²) in [6.45, 7) is 6.17. The smallest absolute Gasteiger partial charge is 0.220 e. The molecule has 1 aromatic heterocycles. The number of halogens is 2. The molecule has 1 aromatic rings. The largest absolute Gasteiger partial charge is 0.356 e. The van der Waals surface area contributed by atoms with E-state index in [4.69, 9.17) is 0 Å². The van der Waals surface area contributed by atoms with E-state index in [0.717, 1.165) is 63.4 Å². The van der Waals surface area contributed by atoms with Crippen molar-refractivity contribution in [2.45, 2.75) is 51.5 Å². The molecule has 2 aliphatic rings. The minimum atomic E-state index is 0. The highest BCUT2D eigenvalue weighted by Crippen LogP contribution is 2.19. The molecule has 6 nitrogen and oxygen atoms in total. The molecule has 2 N–H and O–H groups in total. The van der Waals surface area contributed by atoms with E-state index in [9.17, 15) is 4.79 Å². The van der Waals surface area contributed by atoms with Crippen LogP contribution in [0.3, 0.4) is 0 Å². The first-order valence-corrected chi connectivity index (χ1v) is 9.30. The SMILES string of the molecule is CCc1cc(N2CCC(NC(=O)CCC3CCNC3)CC2)ncn1.Cl.Cl. The number of hydrogen-bond acceptors (Lipinski definition) is 5. The van der Waals surface area contributed by atoms with Crippen molar-refractivity contribution < 1.29 is 4.79 Å². The van der Waals surface area contributed by atoms with Gasteiger partial charge in [0.1, 0.15) is 12.1 Å². The maximum atomic E-state index is 12.1. The van der Waals surface area contributed by atoms with Crippen molar-refractivity contribution in [2.75, 3.05) is 31.1 Å². The number of anilines is 1. The standard InChI is InChI=1S/C18H29N5O.2ClH/c1-2-15-11-17(21-13-20-15)23-9-6-16(7-10-23)22-18(24)4-3-14-5-8-19-12-14;;/h11,13-14,16,19H,2-10,12H2,1H3,(H,22,24);2*1H. The Morgan fingerprint density at radius 2 is 2.04 bits per heavy atom. The summed E-state index contributed by atoms with van der Waals surface area (Å²) in [6, 6.07) is 2.39. The van der Waals surface area contributed by atoms with E-state index < -0.39 is 0 Å². The van der Waals surface area contributed by atoms with E-state index in [2.05, 4.69) is 38.5 Å². The van der Waals surface area contributed by atoms with Crippen molar-refractivity contribution in [1.82, 2.24) is 20.6 Å². The topological polar surface area (TPSA) is 70.2 Å². The second-order valence-corrected chi connectivity index (χ2v) is 6.95. The molecule has 148 valence electrons. The lowest BCUT2D eigenvalue weighted by Crippen LogP contribution is -2.45. The van der Waals surface area contributed by atoms with Gasteiger partial charge >= 0.3 is 0 Å². The molecule has 8 heteroatoms. The van der Waals surface area contributed by atoms with Crippen molar-refractivity contribution in [3.8, 4) is 0 Å². The minimum Gasteiger partial charge on any atom is -0.356 e. The van der Waals surface area contributed by atoms with Gasteiger partial charge in [-0.15, -0.1) is 24.8 Å². The fourth-order valence-electron chi connectivity index (χ4n) is 3.60. The highest BCUT2D eigenvalue weighted by atomic mass is 35.5. The zero-order valence-corrected chi connectivity index (χ0v) is 17.1. The first-order valence-electron chi connectivity index (χ1n) is 9.30. The van der Waals surface area contributed by atoms with Crippen LogP contribution in [0.25, 0.3) is 0 Å². The van der Waals surface area contributed by atoms with Gasteiger partial charge in [-0.25, -0.2) is 9.97 Å². The summed E-state index contributed by atoms with van der Waals surface area (Å²) in [7, 11) is 0. The summed E-state index contributed by atoms with van der Waals surface area (Å²) in [5.74, 6) is 1.92. The molecular formula is C18H31Cl2N5O. The molecule has 3 heterocycles. The van der Waals surface area contributed by atoms with Gasteiger partial charge in [0.05, 0.1) is 0 Å². The van der Waals surface area contributed by atoms with Crippen LogP contribution in [0.1, 0.15) is 44.7 Å². The summed E-state index contributed by atoms with van der Waals surface area (Å²) in [6.07, 6.45) is 7.45.